The number of nitrogens with zero attached hydrogens (tertiary/aromatic N) is 4. The highest BCUT2D eigenvalue weighted by molar-refractivity contribution is 6.74. The minimum atomic E-state index is -2.00. The van der Waals surface area contributed by atoms with Gasteiger partial charge >= 0.3 is 6.09 Å². The summed E-state index contributed by atoms with van der Waals surface area (Å²) in [6.45, 7) is 16.9. The van der Waals surface area contributed by atoms with Crippen LogP contribution in [0.4, 0.5) is 4.79 Å². The Morgan fingerprint density at radius 3 is 2.41 bits per heavy atom. The van der Waals surface area contributed by atoms with Gasteiger partial charge in [0, 0.05) is 18.0 Å². The fraction of sp³-hybridized carbons (Fsp3) is 0.944. The molecule has 0 radical (unpaired) electrons. The second-order valence-electron chi connectivity index (χ2n) is 9.75. The standard InChI is InChI=1S/C18H36N4O4Si/c1-17(2,3)25-16(24)22-12-13(26-27(7,8)18(4,5)6)11-14(22)15(23)9-10-20-21-19/h13-15,23H,9-12H2,1-8H3/t13-,14+,15-/m1/s1. The molecule has 0 spiro atoms. The predicted octanol–water partition coefficient (Wildman–Crippen LogP) is 4.45. The molecule has 27 heavy (non-hydrogen) atoms. The highest BCUT2D eigenvalue weighted by atomic mass is 28.4. The average molecular weight is 401 g/mol. The highest BCUT2D eigenvalue weighted by Gasteiger charge is 2.46. The Kier molecular flexibility index (Phi) is 7.75. The Morgan fingerprint density at radius 1 is 1.33 bits per heavy atom. The number of likely N-dealkylation sites (tertiary alicyclic amines) is 1. The summed E-state index contributed by atoms with van der Waals surface area (Å²) in [5, 5.41) is 14.1. The fourth-order valence-corrected chi connectivity index (χ4v) is 4.18. The van der Waals surface area contributed by atoms with Crippen molar-refractivity contribution in [1.29, 1.82) is 0 Å². The SMILES string of the molecule is CC(C)(C)OC(=O)N1C[C@H](O[Si](C)(C)C(C)(C)C)C[C@H]1[C@H](O)CCN=[N+]=[N-]. The fourth-order valence-electron chi connectivity index (χ4n) is 2.83. The van der Waals surface area contributed by atoms with Crippen LogP contribution in [0.15, 0.2) is 5.11 Å². The summed E-state index contributed by atoms with van der Waals surface area (Å²) in [7, 11) is -2.00. The van der Waals surface area contributed by atoms with Gasteiger partial charge in [-0.05, 0) is 57.3 Å². The summed E-state index contributed by atoms with van der Waals surface area (Å²) in [5.41, 5.74) is 7.82. The van der Waals surface area contributed by atoms with Gasteiger partial charge in [-0.2, -0.15) is 0 Å². The Morgan fingerprint density at radius 2 is 1.93 bits per heavy atom. The number of carbonyl (C=O) groups is 1. The van der Waals surface area contributed by atoms with Crippen molar-refractivity contribution < 1.29 is 19.1 Å². The van der Waals surface area contributed by atoms with Crippen molar-refractivity contribution in [3.05, 3.63) is 10.4 Å². The van der Waals surface area contributed by atoms with Gasteiger partial charge in [-0.3, -0.25) is 4.90 Å². The molecule has 1 aliphatic heterocycles. The first-order valence-electron chi connectivity index (χ1n) is 9.54. The van der Waals surface area contributed by atoms with Gasteiger partial charge in [0.05, 0.1) is 18.2 Å². The number of ether oxygens (including phenoxy) is 1. The van der Waals surface area contributed by atoms with Gasteiger partial charge in [-0.15, -0.1) is 0 Å². The van der Waals surface area contributed by atoms with Crippen LogP contribution in [-0.4, -0.2) is 61.4 Å². The lowest BCUT2D eigenvalue weighted by molar-refractivity contribution is 0.00393. The molecule has 9 heteroatoms. The van der Waals surface area contributed by atoms with Crippen LogP contribution < -0.4 is 0 Å². The Bertz CT molecular complexity index is 565. The molecule has 0 aromatic heterocycles. The number of aliphatic hydroxyl groups is 1. The zero-order chi connectivity index (χ0) is 21.0. The maximum Gasteiger partial charge on any atom is 0.410 e. The summed E-state index contributed by atoms with van der Waals surface area (Å²) in [6.07, 6.45) is -0.547. The lowest BCUT2D eigenvalue weighted by atomic mass is 10.1. The first-order chi connectivity index (χ1) is 12.2. The molecule has 0 aliphatic carbocycles. The summed E-state index contributed by atoms with van der Waals surface area (Å²) in [4.78, 5) is 17.0. The lowest BCUT2D eigenvalue weighted by Gasteiger charge is -2.38. The van der Waals surface area contributed by atoms with Crippen LogP contribution in [0.1, 0.15) is 54.4 Å². The van der Waals surface area contributed by atoms with Gasteiger partial charge in [0.25, 0.3) is 0 Å². The maximum absolute atomic E-state index is 12.7. The highest BCUT2D eigenvalue weighted by Crippen LogP contribution is 2.39. The van der Waals surface area contributed by atoms with Crippen LogP contribution in [0.25, 0.3) is 10.4 Å². The second kappa shape index (κ2) is 8.81. The number of aliphatic hydroxyl groups excluding tert-OH is 1. The molecule has 8 nitrogen and oxygen atoms in total. The van der Waals surface area contributed by atoms with Crippen molar-refractivity contribution in [2.75, 3.05) is 13.1 Å². The van der Waals surface area contributed by atoms with Crippen molar-refractivity contribution in [1.82, 2.24) is 4.90 Å². The molecule has 3 atom stereocenters. The van der Waals surface area contributed by atoms with E-state index in [9.17, 15) is 9.90 Å². The molecule has 0 bridgehead atoms. The molecular weight excluding hydrogens is 364 g/mol. The summed E-state index contributed by atoms with van der Waals surface area (Å²) >= 11 is 0. The van der Waals surface area contributed by atoms with Gasteiger partial charge in [0.15, 0.2) is 8.32 Å². The molecular formula is C18H36N4O4Si. The van der Waals surface area contributed by atoms with Crippen LogP contribution in [0.2, 0.25) is 18.1 Å². The van der Waals surface area contributed by atoms with Crippen LogP contribution in [0, 0.1) is 0 Å². The van der Waals surface area contributed by atoms with E-state index >= 15 is 0 Å². The number of carbonyl (C=O) groups excluding carboxylic acids is 1. The number of rotatable bonds is 6. The predicted molar refractivity (Wildman–Crippen MR) is 108 cm³/mol. The molecule has 1 saturated heterocycles. The lowest BCUT2D eigenvalue weighted by Crippen LogP contribution is -2.46. The van der Waals surface area contributed by atoms with Gasteiger partial charge in [0.1, 0.15) is 5.60 Å². The molecule has 1 heterocycles. The van der Waals surface area contributed by atoms with Crippen molar-refractivity contribution in [3.8, 4) is 0 Å². The Balaban J connectivity index is 2.95. The van der Waals surface area contributed by atoms with Crippen molar-refractivity contribution in [3.63, 3.8) is 0 Å². The Hall–Kier alpha value is -1.28. The molecule has 0 saturated carbocycles. The summed E-state index contributed by atoms with van der Waals surface area (Å²) in [5.74, 6) is 0. The van der Waals surface area contributed by atoms with E-state index < -0.39 is 32.2 Å². The Labute approximate surface area is 164 Å². The number of amides is 1. The quantitative estimate of drug-likeness (QED) is 0.307. The third-order valence-corrected chi connectivity index (χ3v) is 9.77. The normalized spacial score (nSPS) is 22.3. The number of hydrogen-bond donors (Lipinski definition) is 1. The zero-order valence-corrected chi connectivity index (χ0v) is 19.0. The molecule has 0 aromatic carbocycles. The minimum absolute atomic E-state index is 0.0575. The number of azide groups is 1. The molecule has 1 amide bonds. The molecule has 0 unspecified atom stereocenters. The molecule has 1 rings (SSSR count). The van der Waals surface area contributed by atoms with E-state index in [1.165, 1.54) is 0 Å². The smallest absolute Gasteiger partial charge is 0.410 e. The van der Waals surface area contributed by atoms with E-state index in [1.807, 2.05) is 20.8 Å². The van der Waals surface area contributed by atoms with Gasteiger partial charge in [-0.1, -0.05) is 25.9 Å². The summed E-state index contributed by atoms with van der Waals surface area (Å²) < 4.78 is 12.0. The van der Waals surface area contributed by atoms with Crippen molar-refractivity contribution >= 4 is 14.4 Å². The first-order valence-corrected chi connectivity index (χ1v) is 12.4. The third-order valence-electron chi connectivity index (χ3n) is 5.23. The maximum atomic E-state index is 12.7. The van der Waals surface area contributed by atoms with E-state index in [4.69, 9.17) is 14.7 Å². The van der Waals surface area contributed by atoms with Gasteiger partial charge in [-0.25, -0.2) is 4.79 Å². The van der Waals surface area contributed by atoms with E-state index in [-0.39, 0.29) is 17.7 Å². The van der Waals surface area contributed by atoms with Crippen molar-refractivity contribution in [2.45, 2.75) is 96.4 Å². The summed E-state index contributed by atoms with van der Waals surface area (Å²) in [6, 6.07) is -0.413. The van der Waals surface area contributed by atoms with Crippen LogP contribution in [0.3, 0.4) is 0 Å². The zero-order valence-electron chi connectivity index (χ0n) is 18.0. The average Bonchev–Trinajstić information content (AvgIpc) is 2.87. The number of hydrogen-bond acceptors (Lipinski definition) is 5. The van der Waals surface area contributed by atoms with Gasteiger partial charge in [0.2, 0.25) is 0 Å². The van der Waals surface area contributed by atoms with Crippen LogP contribution >= 0.6 is 0 Å². The monoisotopic (exact) mass is 400 g/mol. The van der Waals surface area contributed by atoms with Crippen LogP contribution in [0.5, 0.6) is 0 Å². The second-order valence-corrected chi connectivity index (χ2v) is 14.5. The first kappa shape index (κ1) is 23.8. The molecule has 156 valence electrons. The molecule has 1 N–H and O–H groups in total. The molecule has 0 aromatic rings. The van der Waals surface area contributed by atoms with E-state index in [0.29, 0.717) is 19.4 Å². The van der Waals surface area contributed by atoms with E-state index in [2.05, 4.69) is 43.9 Å². The van der Waals surface area contributed by atoms with Gasteiger partial charge < -0.3 is 14.3 Å². The minimum Gasteiger partial charge on any atom is -0.444 e. The third kappa shape index (κ3) is 6.99. The molecule has 1 fully saturated rings. The molecule has 1 aliphatic rings. The van der Waals surface area contributed by atoms with E-state index in [0.717, 1.165) is 0 Å². The van der Waals surface area contributed by atoms with Crippen LogP contribution in [-0.2, 0) is 9.16 Å². The van der Waals surface area contributed by atoms with Crippen molar-refractivity contribution in [2.24, 2.45) is 5.11 Å². The largest absolute Gasteiger partial charge is 0.444 e. The topological polar surface area (TPSA) is 108 Å². The van der Waals surface area contributed by atoms with E-state index in [1.54, 1.807) is 4.90 Å².